The van der Waals surface area contributed by atoms with Gasteiger partial charge in [0.2, 0.25) is 5.91 Å². The predicted molar refractivity (Wildman–Crippen MR) is 87.8 cm³/mol. The summed E-state index contributed by atoms with van der Waals surface area (Å²) < 4.78 is 39.1. The Morgan fingerprint density at radius 3 is 2.64 bits per heavy atom. The van der Waals surface area contributed by atoms with Gasteiger partial charge < -0.3 is 9.88 Å². The van der Waals surface area contributed by atoms with Gasteiger partial charge in [-0.3, -0.25) is 9.59 Å². The Balaban J connectivity index is 1.79. The van der Waals surface area contributed by atoms with Crippen LogP contribution < -0.4 is 10.9 Å². The number of anilines is 1. The normalized spacial score (nSPS) is 13.6. The van der Waals surface area contributed by atoms with Crippen molar-refractivity contribution in [3.63, 3.8) is 0 Å². The number of rotatable bonds is 3. The fourth-order valence-corrected chi connectivity index (χ4v) is 3.10. The molecule has 2 aromatic rings. The van der Waals surface area contributed by atoms with Crippen LogP contribution >= 0.6 is 11.6 Å². The summed E-state index contributed by atoms with van der Waals surface area (Å²) in [7, 11) is 0. The zero-order valence-corrected chi connectivity index (χ0v) is 13.7. The molecule has 1 aromatic heterocycles. The number of halogens is 4. The largest absolute Gasteiger partial charge is 0.417 e. The second-order valence-corrected chi connectivity index (χ2v) is 6.30. The minimum absolute atomic E-state index is 0.553. The Morgan fingerprint density at radius 1 is 1.20 bits per heavy atom. The fraction of sp³-hybridized carbons (Fsp3) is 0.294. The first-order valence-corrected chi connectivity index (χ1v) is 8.00. The van der Waals surface area contributed by atoms with Crippen molar-refractivity contribution in [3.8, 4) is 0 Å². The summed E-state index contributed by atoms with van der Waals surface area (Å²) in [4.78, 5) is 24.0. The third-order valence-corrected chi connectivity index (χ3v) is 4.34. The van der Waals surface area contributed by atoms with Gasteiger partial charge in [0.05, 0.1) is 5.56 Å². The number of carbonyl (C=O) groups excluding carboxylic acids is 1. The van der Waals surface area contributed by atoms with Crippen molar-refractivity contribution in [2.24, 2.45) is 0 Å². The van der Waals surface area contributed by atoms with Gasteiger partial charge >= 0.3 is 6.18 Å². The van der Waals surface area contributed by atoms with Crippen molar-refractivity contribution < 1.29 is 18.0 Å². The molecule has 0 unspecified atom stereocenters. The number of benzene rings is 1. The summed E-state index contributed by atoms with van der Waals surface area (Å²) >= 11 is 5.57. The van der Waals surface area contributed by atoms with Gasteiger partial charge in [-0.1, -0.05) is 17.7 Å². The van der Waals surface area contributed by atoms with Crippen molar-refractivity contribution in [1.82, 2.24) is 4.57 Å². The zero-order chi connectivity index (χ0) is 18.2. The molecule has 0 fully saturated rings. The van der Waals surface area contributed by atoms with Gasteiger partial charge in [-0.25, -0.2) is 0 Å². The van der Waals surface area contributed by atoms with Gasteiger partial charge in [0.25, 0.3) is 5.56 Å². The second kappa shape index (κ2) is 6.55. The number of fused-ring (bicyclic) bond motifs is 1. The lowest BCUT2D eigenvalue weighted by Gasteiger charge is -2.12. The smallest absolute Gasteiger partial charge is 0.325 e. The van der Waals surface area contributed by atoms with Gasteiger partial charge in [0.15, 0.2) is 0 Å². The molecule has 0 saturated heterocycles. The third-order valence-electron chi connectivity index (χ3n) is 4.07. The summed E-state index contributed by atoms with van der Waals surface area (Å²) in [5.74, 6) is -0.601. The van der Waals surface area contributed by atoms with E-state index in [0.29, 0.717) is 22.5 Å². The number of pyridine rings is 1. The molecule has 0 spiro atoms. The van der Waals surface area contributed by atoms with E-state index in [0.717, 1.165) is 24.8 Å². The van der Waals surface area contributed by atoms with Crippen molar-refractivity contribution in [2.45, 2.75) is 32.0 Å². The molecular formula is C17H14ClF3N2O2. The van der Waals surface area contributed by atoms with Crippen molar-refractivity contribution in [1.29, 1.82) is 0 Å². The number of amides is 1. The molecule has 0 radical (unpaired) electrons. The number of nitrogens with one attached hydrogen (secondary N) is 1. The summed E-state index contributed by atoms with van der Waals surface area (Å²) in [6.45, 7) is -0.556. The fourth-order valence-electron chi connectivity index (χ4n) is 2.88. The molecule has 1 aliphatic rings. The Morgan fingerprint density at radius 2 is 1.92 bits per heavy atom. The van der Waals surface area contributed by atoms with E-state index in [2.05, 4.69) is 5.32 Å². The van der Waals surface area contributed by atoms with Crippen LogP contribution in [-0.4, -0.2) is 10.5 Å². The number of nitrogens with zero attached hydrogens (tertiary/aromatic N) is 1. The first-order valence-electron chi connectivity index (χ1n) is 7.63. The molecule has 0 saturated carbocycles. The number of aromatic nitrogens is 1. The van der Waals surface area contributed by atoms with E-state index in [1.54, 1.807) is 6.07 Å². The minimum Gasteiger partial charge on any atom is -0.325 e. The van der Waals surface area contributed by atoms with Crippen LogP contribution in [-0.2, 0) is 30.4 Å². The zero-order valence-electron chi connectivity index (χ0n) is 13.0. The maximum atomic E-state index is 12.8. The highest BCUT2D eigenvalue weighted by molar-refractivity contribution is 6.30. The van der Waals surface area contributed by atoms with Crippen LogP contribution in [0.5, 0.6) is 0 Å². The topological polar surface area (TPSA) is 51.1 Å². The van der Waals surface area contributed by atoms with Gasteiger partial charge in [0.1, 0.15) is 11.6 Å². The molecule has 1 heterocycles. The van der Waals surface area contributed by atoms with E-state index in [-0.39, 0.29) is 0 Å². The van der Waals surface area contributed by atoms with E-state index in [1.807, 2.05) is 12.1 Å². The lowest BCUT2D eigenvalue weighted by molar-refractivity contribution is -0.138. The number of aryl methyl sites for hydroxylation is 2. The summed E-state index contributed by atoms with van der Waals surface area (Å²) in [5, 5.41) is 2.02. The van der Waals surface area contributed by atoms with Crippen LogP contribution in [0.3, 0.4) is 0 Å². The average molecular weight is 371 g/mol. The highest BCUT2D eigenvalue weighted by Gasteiger charge is 2.32. The third kappa shape index (κ3) is 3.87. The summed E-state index contributed by atoms with van der Waals surface area (Å²) in [6.07, 6.45) is -1.07. The highest BCUT2D eigenvalue weighted by Crippen LogP contribution is 2.29. The van der Waals surface area contributed by atoms with E-state index in [9.17, 15) is 22.8 Å². The molecule has 132 valence electrons. The van der Waals surface area contributed by atoms with Crippen LogP contribution in [0.15, 0.2) is 35.3 Å². The van der Waals surface area contributed by atoms with E-state index >= 15 is 0 Å². The predicted octanol–water partition coefficient (Wildman–Crippen LogP) is 3.65. The SMILES string of the molecule is O=C(Cn1cc(C(F)(F)F)cc(Cl)c1=O)Nc1ccc2c(c1)CCC2. The number of hydrogen-bond donors (Lipinski definition) is 1. The van der Waals surface area contributed by atoms with E-state index < -0.39 is 34.8 Å². The van der Waals surface area contributed by atoms with Crippen LogP contribution in [0.25, 0.3) is 0 Å². The lowest BCUT2D eigenvalue weighted by Crippen LogP contribution is -2.29. The Kier molecular flexibility index (Phi) is 4.60. The maximum absolute atomic E-state index is 12.8. The Labute approximate surface area is 146 Å². The molecular weight excluding hydrogens is 357 g/mol. The average Bonchev–Trinajstić information content (AvgIpc) is 2.98. The minimum atomic E-state index is -4.66. The van der Waals surface area contributed by atoms with E-state index in [4.69, 9.17) is 11.6 Å². The van der Waals surface area contributed by atoms with Crippen molar-refractivity contribution in [2.75, 3.05) is 5.32 Å². The van der Waals surface area contributed by atoms with Crippen LogP contribution in [0.4, 0.5) is 18.9 Å². The molecule has 4 nitrogen and oxygen atoms in total. The molecule has 0 atom stereocenters. The molecule has 1 amide bonds. The summed E-state index contributed by atoms with van der Waals surface area (Å²) in [6, 6.07) is 6.07. The monoisotopic (exact) mass is 370 g/mol. The Bertz CT molecular complexity index is 890. The van der Waals surface area contributed by atoms with Crippen molar-refractivity contribution in [3.05, 3.63) is 62.5 Å². The van der Waals surface area contributed by atoms with Gasteiger partial charge in [-0.2, -0.15) is 13.2 Å². The van der Waals surface area contributed by atoms with E-state index in [1.165, 1.54) is 5.56 Å². The molecule has 1 aromatic carbocycles. The van der Waals surface area contributed by atoms with Crippen molar-refractivity contribution >= 4 is 23.2 Å². The molecule has 25 heavy (non-hydrogen) atoms. The Hall–Kier alpha value is -2.28. The van der Waals surface area contributed by atoms with Gasteiger partial charge in [-0.05, 0) is 48.6 Å². The van der Waals surface area contributed by atoms with Gasteiger partial charge in [-0.15, -0.1) is 0 Å². The quantitative estimate of drug-likeness (QED) is 0.896. The number of carbonyl (C=O) groups is 1. The molecule has 8 heteroatoms. The van der Waals surface area contributed by atoms with Gasteiger partial charge in [0, 0.05) is 11.9 Å². The lowest BCUT2D eigenvalue weighted by atomic mass is 10.1. The maximum Gasteiger partial charge on any atom is 0.417 e. The van der Waals surface area contributed by atoms with Crippen LogP contribution in [0.1, 0.15) is 23.1 Å². The van der Waals surface area contributed by atoms with Crippen LogP contribution in [0.2, 0.25) is 5.02 Å². The molecule has 0 bridgehead atoms. The second-order valence-electron chi connectivity index (χ2n) is 5.89. The summed E-state index contributed by atoms with van der Waals surface area (Å²) in [5.41, 5.74) is 1.01. The first kappa shape index (κ1) is 17.5. The molecule has 0 aliphatic heterocycles. The molecule has 1 N–H and O–H groups in total. The van der Waals surface area contributed by atoms with Crippen LogP contribution in [0, 0.1) is 0 Å². The molecule has 1 aliphatic carbocycles. The number of hydrogen-bond acceptors (Lipinski definition) is 2. The first-order chi connectivity index (χ1) is 11.7. The number of alkyl halides is 3. The highest BCUT2D eigenvalue weighted by atomic mass is 35.5. The standard InChI is InChI=1S/C17H14ClF3N2O2/c18-14-7-12(17(19,20)21)8-23(16(14)25)9-15(24)22-13-5-4-10-2-1-3-11(10)6-13/h4-8H,1-3,9H2,(H,22,24). The molecule has 3 rings (SSSR count).